The standard InChI is InChI=1S/C34H40N2O7/c1-5-9-11-13-29(37)42-21-15-16-27-23(17-21)22(7-3)24-19-36-28(31(24)35-27)18-26-25(32(36)39)20-41-33(40)34(26,8-4)43-30(38)14-12-10-6-2/h15-18H,5-14,19-20H2,1-4H3/t34-/m0/s1. The predicted molar refractivity (Wildman–Crippen MR) is 162 cm³/mol. The van der Waals surface area contributed by atoms with Crippen molar-refractivity contribution in [3.63, 3.8) is 0 Å². The summed E-state index contributed by atoms with van der Waals surface area (Å²) >= 11 is 0. The van der Waals surface area contributed by atoms with Gasteiger partial charge >= 0.3 is 17.9 Å². The lowest BCUT2D eigenvalue weighted by Crippen LogP contribution is -2.47. The molecule has 1 atom stereocenters. The second-order valence-corrected chi connectivity index (χ2v) is 11.4. The normalized spacial score (nSPS) is 16.8. The van der Waals surface area contributed by atoms with E-state index in [9.17, 15) is 19.2 Å². The minimum absolute atomic E-state index is 0.138. The lowest BCUT2D eigenvalue weighted by Gasteiger charge is -2.35. The molecule has 2 aliphatic heterocycles. The van der Waals surface area contributed by atoms with E-state index in [-0.39, 0.29) is 31.0 Å². The van der Waals surface area contributed by atoms with E-state index < -0.39 is 17.5 Å². The average Bonchev–Trinajstić information content (AvgIpc) is 3.36. The predicted octanol–water partition coefficient (Wildman–Crippen LogP) is 6.26. The molecule has 43 heavy (non-hydrogen) atoms. The van der Waals surface area contributed by atoms with Gasteiger partial charge in [0.15, 0.2) is 0 Å². The van der Waals surface area contributed by atoms with Gasteiger partial charge < -0.3 is 18.8 Å². The minimum Gasteiger partial charge on any atom is -0.457 e. The fraction of sp³-hybridized carbons (Fsp3) is 0.500. The van der Waals surface area contributed by atoms with Crippen LogP contribution in [0.1, 0.15) is 108 Å². The summed E-state index contributed by atoms with van der Waals surface area (Å²) in [5.74, 6) is -0.934. The van der Waals surface area contributed by atoms with E-state index in [0.717, 1.165) is 48.6 Å². The summed E-state index contributed by atoms with van der Waals surface area (Å²) in [4.78, 5) is 57.3. The van der Waals surface area contributed by atoms with Crippen LogP contribution in [0.15, 0.2) is 29.1 Å². The summed E-state index contributed by atoms with van der Waals surface area (Å²) < 4.78 is 18.6. The van der Waals surface area contributed by atoms with Gasteiger partial charge in [0, 0.05) is 29.4 Å². The maximum atomic E-state index is 13.9. The fourth-order valence-corrected chi connectivity index (χ4v) is 6.23. The summed E-state index contributed by atoms with van der Waals surface area (Å²) in [6.45, 7) is 8.07. The van der Waals surface area contributed by atoms with Crippen LogP contribution in [0.5, 0.6) is 5.75 Å². The maximum Gasteiger partial charge on any atom is 0.355 e. The highest BCUT2D eigenvalue weighted by Gasteiger charge is 2.50. The molecule has 0 N–H and O–H groups in total. The number of ether oxygens (including phenoxy) is 3. The van der Waals surface area contributed by atoms with E-state index in [2.05, 4.69) is 6.92 Å². The molecule has 0 unspecified atom stereocenters. The Kier molecular flexibility index (Phi) is 8.99. The quantitative estimate of drug-likeness (QED) is 0.108. The molecular weight excluding hydrogens is 548 g/mol. The van der Waals surface area contributed by atoms with Crippen LogP contribution in [-0.4, -0.2) is 27.5 Å². The van der Waals surface area contributed by atoms with Gasteiger partial charge in [-0.3, -0.25) is 14.4 Å². The molecule has 1 aromatic carbocycles. The summed E-state index contributed by atoms with van der Waals surface area (Å²) in [6.07, 6.45) is 6.67. The zero-order valence-electron chi connectivity index (χ0n) is 25.5. The van der Waals surface area contributed by atoms with Gasteiger partial charge in [-0.2, -0.15) is 0 Å². The molecule has 4 heterocycles. The van der Waals surface area contributed by atoms with Crippen LogP contribution >= 0.6 is 0 Å². The molecule has 0 spiro atoms. The third kappa shape index (κ3) is 5.57. The topological polar surface area (TPSA) is 114 Å². The van der Waals surface area contributed by atoms with Gasteiger partial charge in [0.1, 0.15) is 12.4 Å². The first-order chi connectivity index (χ1) is 20.8. The van der Waals surface area contributed by atoms with Crippen LogP contribution in [-0.2, 0) is 49.0 Å². The number of carbonyl (C=O) groups excluding carboxylic acids is 3. The third-order valence-corrected chi connectivity index (χ3v) is 8.59. The van der Waals surface area contributed by atoms with E-state index in [1.165, 1.54) is 0 Å². The fourth-order valence-electron chi connectivity index (χ4n) is 6.23. The number of pyridine rings is 2. The molecule has 3 aromatic rings. The molecule has 9 heteroatoms. The monoisotopic (exact) mass is 588 g/mol. The number of hydrogen-bond donors (Lipinski definition) is 0. The van der Waals surface area contributed by atoms with Crippen LogP contribution in [0.4, 0.5) is 0 Å². The van der Waals surface area contributed by atoms with Crippen molar-refractivity contribution in [2.24, 2.45) is 0 Å². The highest BCUT2D eigenvalue weighted by molar-refractivity contribution is 5.91. The number of rotatable bonds is 12. The average molecular weight is 589 g/mol. The van der Waals surface area contributed by atoms with Gasteiger partial charge in [-0.05, 0) is 55.5 Å². The lowest BCUT2D eigenvalue weighted by atomic mass is 9.85. The van der Waals surface area contributed by atoms with E-state index in [4.69, 9.17) is 19.2 Å². The number of aromatic nitrogens is 2. The summed E-state index contributed by atoms with van der Waals surface area (Å²) in [6, 6.07) is 7.21. The Hall–Kier alpha value is -4.01. The van der Waals surface area contributed by atoms with Gasteiger partial charge in [-0.15, -0.1) is 0 Å². The van der Waals surface area contributed by atoms with Crippen LogP contribution in [0.25, 0.3) is 22.3 Å². The van der Waals surface area contributed by atoms with Crippen molar-refractivity contribution in [1.29, 1.82) is 0 Å². The molecular formula is C34H40N2O7. The smallest absolute Gasteiger partial charge is 0.355 e. The van der Waals surface area contributed by atoms with E-state index >= 15 is 0 Å². The van der Waals surface area contributed by atoms with Crippen molar-refractivity contribution in [3.05, 3.63) is 56.9 Å². The van der Waals surface area contributed by atoms with Gasteiger partial charge in [0.05, 0.1) is 29.0 Å². The van der Waals surface area contributed by atoms with Gasteiger partial charge in [0.25, 0.3) is 5.56 Å². The molecule has 0 amide bonds. The largest absolute Gasteiger partial charge is 0.457 e. The maximum absolute atomic E-state index is 13.9. The molecule has 228 valence electrons. The first kappa shape index (κ1) is 30.4. The summed E-state index contributed by atoms with van der Waals surface area (Å²) in [7, 11) is 0. The minimum atomic E-state index is -1.69. The summed E-state index contributed by atoms with van der Waals surface area (Å²) in [5, 5.41) is 0.869. The van der Waals surface area contributed by atoms with Gasteiger partial charge in [0.2, 0.25) is 5.60 Å². The first-order valence-corrected chi connectivity index (χ1v) is 15.6. The second kappa shape index (κ2) is 12.7. The number of unbranched alkanes of at least 4 members (excludes halogenated alkanes) is 4. The number of fused-ring (bicyclic) bond motifs is 5. The molecule has 0 saturated carbocycles. The molecule has 5 rings (SSSR count). The van der Waals surface area contributed by atoms with Crippen molar-refractivity contribution >= 4 is 28.8 Å². The Labute approximate surface area is 251 Å². The van der Waals surface area contributed by atoms with Crippen molar-refractivity contribution in [1.82, 2.24) is 9.55 Å². The summed E-state index contributed by atoms with van der Waals surface area (Å²) in [5.41, 5.74) is 2.60. The zero-order chi connectivity index (χ0) is 30.7. The molecule has 0 fully saturated rings. The van der Waals surface area contributed by atoms with Crippen molar-refractivity contribution < 1.29 is 28.6 Å². The number of esters is 3. The zero-order valence-corrected chi connectivity index (χ0v) is 25.5. The number of aryl methyl sites for hydroxylation is 1. The number of hydrogen-bond acceptors (Lipinski definition) is 8. The molecule has 2 aromatic heterocycles. The number of nitrogens with zero attached hydrogens (tertiary/aromatic N) is 2. The lowest BCUT2D eigenvalue weighted by molar-refractivity contribution is -0.189. The van der Waals surface area contributed by atoms with Crippen LogP contribution in [0.2, 0.25) is 0 Å². The van der Waals surface area contributed by atoms with E-state index in [0.29, 0.717) is 59.6 Å². The first-order valence-electron chi connectivity index (χ1n) is 15.6. The Bertz CT molecular complexity index is 1640. The molecule has 2 aliphatic rings. The molecule has 0 aliphatic carbocycles. The highest BCUT2D eigenvalue weighted by atomic mass is 16.6. The van der Waals surface area contributed by atoms with Gasteiger partial charge in [-0.1, -0.05) is 53.4 Å². The molecule has 9 nitrogen and oxygen atoms in total. The Morgan fingerprint density at radius 1 is 0.953 bits per heavy atom. The van der Waals surface area contributed by atoms with E-state index in [1.807, 2.05) is 26.0 Å². The van der Waals surface area contributed by atoms with Gasteiger partial charge in [-0.25, -0.2) is 9.78 Å². The van der Waals surface area contributed by atoms with Crippen molar-refractivity contribution in [2.45, 2.75) is 111 Å². The molecule has 0 bridgehead atoms. The number of benzene rings is 1. The Balaban J connectivity index is 1.56. The SMILES string of the molecule is CCCCCC(=O)Oc1ccc2nc3c(c(CC)c2c1)Cn1c-3cc2c(c1=O)COC(=O)[C@@]2(CC)OC(=O)CCCCC. The number of cyclic esters (lactones) is 1. The van der Waals surface area contributed by atoms with Crippen molar-refractivity contribution in [3.8, 4) is 17.1 Å². The molecule has 0 saturated heterocycles. The highest BCUT2D eigenvalue weighted by Crippen LogP contribution is 2.42. The Morgan fingerprint density at radius 2 is 1.67 bits per heavy atom. The second-order valence-electron chi connectivity index (χ2n) is 11.4. The van der Waals surface area contributed by atoms with Crippen LogP contribution in [0.3, 0.4) is 0 Å². The molecule has 0 radical (unpaired) electrons. The number of carbonyl (C=O) groups is 3. The van der Waals surface area contributed by atoms with Crippen LogP contribution < -0.4 is 10.3 Å². The van der Waals surface area contributed by atoms with Crippen LogP contribution in [0, 0.1) is 0 Å². The van der Waals surface area contributed by atoms with E-state index in [1.54, 1.807) is 23.6 Å². The Morgan fingerprint density at radius 3 is 2.35 bits per heavy atom. The van der Waals surface area contributed by atoms with Crippen molar-refractivity contribution in [2.75, 3.05) is 0 Å². The third-order valence-electron chi connectivity index (χ3n) is 8.59.